The van der Waals surface area contributed by atoms with Gasteiger partial charge in [0.15, 0.2) is 0 Å². The summed E-state index contributed by atoms with van der Waals surface area (Å²) in [7, 11) is 3.18. The number of hydrogen-bond acceptors (Lipinski definition) is 4. The highest BCUT2D eigenvalue weighted by molar-refractivity contribution is 6.30. The van der Waals surface area contributed by atoms with Crippen molar-refractivity contribution in [2.45, 2.75) is 6.92 Å². The van der Waals surface area contributed by atoms with Crippen molar-refractivity contribution >= 4 is 23.3 Å². The molecule has 0 aliphatic rings. The average molecular weight is 372 g/mol. The van der Waals surface area contributed by atoms with Crippen molar-refractivity contribution in [1.29, 1.82) is 0 Å². The first-order chi connectivity index (χ1) is 12.5. The molecular weight excluding hydrogens is 354 g/mol. The van der Waals surface area contributed by atoms with Crippen LogP contribution in [-0.4, -0.2) is 29.9 Å². The van der Waals surface area contributed by atoms with Crippen molar-refractivity contribution in [3.8, 4) is 28.4 Å². The van der Waals surface area contributed by atoms with E-state index in [0.29, 0.717) is 28.0 Å². The van der Waals surface area contributed by atoms with Crippen LogP contribution in [0, 0.1) is 0 Å². The van der Waals surface area contributed by atoms with Crippen LogP contribution in [0.3, 0.4) is 0 Å². The second-order valence-corrected chi connectivity index (χ2v) is 6.02. The first-order valence-corrected chi connectivity index (χ1v) is 8.25. The molecule has 0 aliphatic carbocycles. The zero-order valence-electron chi connectivity index (χ0n) is 14.6. The number of carbonyl (C=O) groups is 1. The van der Waals surface area contributed by atoms with E-state index in [-0.39, 0.29) is 5.91 Å². The van der Waals surface area contributed by atoms with Gasteiger partial charge in [0.2, 0.25) is 5.91 Å². The van der Waals surface area contributed by atoms with Crippen LogP contribution in [0.25, 0.3) is 16.9 Å². The lowest BCUT2D eigenvalue weighted by molar-refractivity contribution is -0.114. The number of aromatic nitrogens is 2. The number of rotatable bonds is 5. The number of benzene rings is 2. The summed E-state index contributed by atoms with van der Waals surface area (Å²) in [5.41, 5.74) is 2.25. The number of amides is 1. The van der Waals surface area contributed by atoms with E-state index in [2.05, 4.69) is 10.4 Å². The van der Waals surface area contributed by atoms with E-state index in [0.717, 1.165) is 11.3 Å². The normalized spacial score (nSPS) is 10.5. The summed E-state index contributed by atoms with van der Waals surface area (Å²) in [6.07, 6.45) is 0. The predicted molar refractivity (Wildman–Crippen MR) is 101 cm³/mol. The summed E-state index contributed by atoms with van der Waals surface area (Å²) >= 11 is 5.96. The Morgan fingerprint density at radius 3 is 2.19 bits per heavy atom. The maximum absolute atomic E-state index is 11.6. The van der Waals surface area contributed by atoms with Gasteiger partial charge in [0.05, 0.1) is 25.6 Å². The molecule has 7 heteroatoms. The quantitative estimate of drug-likeness (QED) is 0.731. The van der Waals surface area contributed by atoms with Gasteiger partial charge in [-0.05, 0) is 36.4 Å². The number of carbonyl (C=O) groups excluding carboxylic acids is 1. The van der Waals surface area contributed by atoms with Gasteiger partial charge in [0, 0.05) is 29.6 Å². The third-order valence-corrected chi connectivity index (χ3v) is 3.98. The van der Waals surface area contributed by atoms with Gasteiger partial charge in [-0.1, -0.05) is 11.6 Å². The predicted octanol–water partition coefficient (Wildman–Crippen LogP) is 4.17. The van der Waals surface area contributed by atoms with Crippen LogP contribution in [0.2, 0.25) is 5.02 Å². The minimum atomic E-state index is -0.185. The number of halogens is 1. The molecule has 0 atom stereocenters. The maximum Gasteiger partial charge on any atom is 0.222 e. The Labute approximate surface area is 156 Å². The summed E-state index contributed by atoms with van der Waals surface area (Å²) in [6.45, 7) is 1.45. The van der Waals surface area contributed by atoms with E-state index in [1.165, 1.54) is 6.92 Å². The molecule has 0 saturated carbocycles. The molecule has 0 spiro atoms. The lowest BCUT2D eigenvalue weighted by Crippen LogP contribution is -2.10. The van der Waals surface area contributed by atoms with Crippen LogP contribution in [0.15, 0.2) is 48.5 Å². The van der Waals surface area contributed by atoms with E-state index < -0.39 is 0 Å². The molecule has 0 unspecified atom stereocenters. The topological polar surface area (TPSA) is 65.4 Å². The summed E-state index contributed by atoms with van der Waals surface area (Å²) in [5.74, 6) is 1.68. The van der Waals surface area contributed by atoms with Crippen LogP contribution >= 0.6 is 11.6 Å². The minimum Gasteiger partial charge on any atom is -0.497 e. The van der Waals surface area contributed by atoms with Crippen molar-refractivity contribution in [2.24, 2.45) is 0 Å². The third-order valence-electron chi connectivity index (χ3n) is 3.73. The number of methoxy groups -OCH3 is 2. The molecule has 2 aromatic carbocycles. The molecule has 6 nitrogen and oxygen atoms in total. The standard InChI is InChI=1S/C19H18ClN3O3/c1-12(24)21-19-11-18(13-8-16(25-2)10-17(9-13)26-3)22-23(19)15-6-4-14(20)5-7-15/h4-11H,1-3H3,(H,21,24). The second kappa shape index (κ2) is 7.49. The molecule has 0 bridgehead atoms. The number of ether oxygens (including phenoxy) is 2. The summed E-state index contributed by atoms with van der Waals surface area (Å²) < 4.78 is 12.3. The second-order valence-electron chi connectivity index (χ2n) is 5.59. The van der Waals surface area contributed by atoms with Crippen LogP contribution < -0.4 is 14.8 Å². The van der Waals surface area contributed by atoms with Crippen LogP contribution in [0.5, 0.6) is 11.5 Å². The lowest BCUT2D eigenvalue weighted by atomic mass is 10.1. The Balaban J connectivity index is 2.11. The van der Waals surface area contributed by atoms with Crippen LogP contribution in [0.4, 0.5) is 5.82 Å². The fourth-order valence-corrected chi connectivity index (χ4v) is 2.65. The Morgan fingerprint density at radius 1 is 1.04 bits per heavy atom. The molecule has 0 fully saturated rings. The minimum absolute atomic E-state index is 0.185. The highest BCUT2D eigenvalue weighted by atomic mass is 35.5. The molecule has 1 aromatic heterocycles. The van der Waals surface area contributed by atoms with Gasteiger partial charge >= 0.3 is 0 Å². The van der Waals surface area contributed by atoms with Gasteiger partial charge in [-0.3, -0.25) is 4.79 Å². The first-order valence-electron chi connectivity index (χ1n) is 7.87. The van der Waals surface area contributed by atoms with Gasteiger partial charge in [0.1, 0.15) is 17.3 Å². The van der Waals surface area contributed by atoms with Crippen molar-refractivity contribution < 1.29 is 14.3 Å². The van der Waals surface area contributed by atoms with Gasteiger partial charge in [-0.25, -0.2) is 4.68 Å². The van der Waals surface area contributed by atoms with Crippen LogP contribution in [-0.2, 0) is 4.79 Å². The Kier molecular flexibility index (Phi) is 5.14. The van der Waals surface area contributed by atoms with E-state index in [1.54, 1.807) is 43.2 Å². The highest BCUT2D eigenvalue weighted by Gasteiger charge is 2.14. The number of nitrogens with zero attached hydrogens (tertiary/aromatic N) is 2. The van der Waals surface area contributed by atoms with Crippen molar-refractivity contribution in [3.63, 3.8) is 0 Å². The van der Waals surface area contributed by atoms with E-state index >= 15 is 0 Å². The molecular formula is C19H18ClN3O3. The Bertz CT molecular complexity index is 913. The third kappa shape index (κ3) is 3.81. The zero-order chi connectivity index (χ0) is 18.7. The first kappa shape index (κ1) is 17.8. The molecule has 1 amide bonds. The van der Waals surface area contributed by atoms with Gasteiger partial charge in [-0.2, -0.15) is 5.10 Å². The Hall–Kier alpha value is -2.99. The number of nitrogens with one attached hydrogen (secondary N) is 1. The fraction of sp³-hybridized carbons (Fsp3) is 0.158. The van der Waals surface area contributed by atoms with Crippen molar-refractivity contribution in [2.75, 3.05) is 19.5 Å². The fourth-order valence-electron chi connectivity index (χ4n) is 2.53. The number of hydrogen-bond donors (Lipinski definition) is 1. The number of anilines is 1. The molecule has 1 heterocycles. The Morgan fingerprint density at radius 2 is 1.65 bits per heavy atom. The maximum atomic E-state index is 11.6. The molecule has 3 rings (SSSR count). The SMILES string of the molecule is COc1cc(OC)cc(-c2cc(NC(C)=O)n(-c3ccc(Cl)cc3)n2)c1. The van der Waals surface area contributed by atoms with Gasteiger partial charge in [-0.15, -0.1) is 0 Å². The molecule has 26 heavy (non-hydrogen) atoms. The molecule has 1 N–H and O–H groups in total. The van der Waals surface area contributed by atoms with Crippen LogP contribution in [0.1, 0.15) is 6.92 Å². The zero-order valence-corrected chi connectivity index (χ0v) is 15.4. The summed E-state index contributed by atoms with van der Waals surface area (Å²) in [6, 6.07) is 14.5. The molecule has 0 saturated heterocycles. The van der Waals surface area contributed by atoms with E-state index in [4.69, 9.17) is 21.1 Å². The van der Waals surface area contributed by atoms with Gasteiger partial charge < -0.3 is 14.8 Å². The van der Waals surface area contributed by atoms with E-state index in [1.807, 2.05) is 24.3 Å². The summed E-state index contributed by atoms with van der Waals surface area (Å²) in [4.78, 5) is 11.6. The average Bonchev–Trinajstić information content (AvgIpc) is 3.05. The largest absolute Gasteiger partial charge is 0.497 e. The van der Waals surface area contributed by atoms with Gasteiger partial charge in [0.25, 0.3) is 0 Å². The molecule has 0 radical (unpaired) electrons. The lowest BCUT2D eigenvalue weighted by Gasteiger charge is -2.07. The van der Waals surface area contributed by atoms with E-state index in [9.17, 15) is 4.79 Å². The molecule has 134 valence electrons. The van der Waals surface area contributed by atoms with Crippen molar-refractivity contribution in [1.82, 2.24) is 9.78 Å². The molecule has 3 aromatic rings. The molecule has 0 aliphatic heterocycles. The smallest absolute Gasteiger partial charge is 0.222 e. The van der Waals surface area contributed by atoms with Crippen molar-refractivity contribution in [3.05, 3.63) is 53.6 Å². The highest BCUT2D eigenvalue weighted by Crippen LogP contribution is 2.31. The summed E-state index contributed by atoms with van der Waals surface area (Å²) in [5, 5.41) is 8.06. The monoisotopic (exact) mass is 371 g/mol.